The third-order valence-electron chi connectivity index (χ3n) is 3.17. The first-order valence-electron chi connectivity index (χ1n) is 6.27. The highest BCUT2D eigenvalue weighted by molar-refractivity contribution is 5.89. The van der Waals surface area contributed by atoms with Gasteiger partial charge in [-0.25, -0.2) is 4.79 Å². The molecule has 0 bridgehead atoms. The van der Waals surface area contributed by atoms with Gasteiger partial charge >= 0.3 is 5.97 Å². The molecule has 4 nitrogen and oxygen atoms in total. The van der Waals surface area contributed by atoms with E-state index in [-0.39, 0.29) is 6.61 Å². The molecule has 0 spiro atoms. The van der Waals surface area contributed by atoms with Crippen LogP contribution in [0.4, 0.5) is 5.69 Å². The molecule has 100 valence electrons. The number of nitrogens with one attached hydrogen (secondary N) is 1. The summed E-state index contributed by atoms with van der Waals surface area (Å²) < 4.78 is 0. The fourth-order valence-corrected chi connectivity index (χ4v) is 1.91. The highest BCUT2D eigenvalue weighted by atomic mass is 16.4. The predicted molar refractivity (Wildman–Crippen MR) is 72.1 cm³/mol. The SMILES string of the molecule is CCC(CCO)CNc1ccc(C(=O)O)c(C)c1. The van der Waals surface area contributed by atoms with Crippen molar-refractivity contribution >= 4 is 11.7 Å². The van der Waals surface area contributed by atoms with Crippen molar-refractivity contribution in [2.45, 2.75) is 26.7 Å². The molecule has 0 aliphatic heterocycles. The van der Waals surface area contributed by atoms with E-state index in [2.05, 4.69) is 12.2 Å². The number of carboxylic acid groups (broad SMARTS) is 1. The van der Waals surface area contributed by atoms with Crippen LogP contribution in [0.25, 0.3) is 0 Å². The van der Waals surface area contributed by atoms with E-state index in [1.54, 1.807) is 19.1 Å². The van der Waals surface area contributed by atoms with Crippen LogP contribution >= 0.6 is 0 Å². The van der Waals surface area contributed by atoms with Crippen LogP contribution in [0.3, 0.4) is 0 Å². The van der Waals surface area contributed by atoms with Gasteiger partial charge in [-0.1, -0.05) is 13.3 Å². The molecule has 0 heterocycles. The molecular formula is C14H21NO3. The van der Waals surface area contributed by atoms with Crippen molar-refractivity contribution in [2.75, 3.05) is 18.5 Å². The number of aliphatic hydroxyl groups is 1. The Morgan fingerprint density at radius 3 is 2.67 bits per heavy atom. The zero-order valence-electron chi connectivity index (χ0n) is 10.9. The summed E-state index contributed by atoms with van der Waals surface area (Å²) in [5.41, 5.74) is 2.01. The first-order valence-corrected chi connectivity index (χ1v) is 6.27. The molecule has 0 saturated heterocycles. The van der Waals surface area contributed by atoms with E-state index in [9.17, 15) is 4.79 Å². The molecule has 4 heteroatoms. The first kappa shape index (κ1) is 14.5. The number of hydrogen-bond donors (Lipinski definition) is 3. The van der Waals surface area contributed by atoms with Gasteiger partial charge in [0.2, 0.25) is 0 Å². The normalized spacial score (nSPS) is 12.2. The number of benzene rings is 1. The van der Waals surface area contributed by atoms with Crippen LogP contribution in [0.2, 0.25) is 0 Å². The van der Waals surface area contributed by atoms with E-state index in [0.29, 0.717) is 11.5 Å². The number of aliphatic hydroxyl groups excluding tert-OH is 1. The molecule has 0 amide bonds. The van der Waals surface area contributed by atoms with E-state index in [0.717, 1.165) is 30.6 Å². The number of hydrogen-bond acceptors (Lipinski definition) is 3. The Labute approximate surface area is 108 Å². The minimum Gasteiger partial charge on any atom is -0.478 e. The van der Waals surface area contributed by atoms with Crippen molar-refractivity contribution in [3.05, 3.63) is 29.3 Å². The van der Waals surface area contributed by atoms with Gasteiger partial charge in [-0.3, -0.25) is 0 Å². The Morgan fingerprint density at radius 2 is 2.17 bits per heavy atom. The molecule has 1 rings (SSSR count). The molecule has 0 aromatic heterocycles. The fraction of sp³-hybridized carbons (Fsp3) is 0.500. The summed E-state index contributed by atoms with van der Waals surface area (Å²) in [7, 11) is 0. The van der Waals surface area contributed by atoms with E-state index in [1.165, 1.54) is 0 Å². The monoisotopic (exact) mass is 251 g/mol. The quantitative estimate of drug-likeness (QED) is 0.696. The van der Waals surface area contributed by atoms with E-state index < -0.39 is 5.97 Å². The van der Waals surface area contributed by atoms with Gasteiger partial charge in [0.05, 0.1) is 5.56 Å². The van der Waals surface area contributed by atoms with Gasteiger partial charge in [0, 0.05) is 18.8 Å². The number of aryl methyl sites for hydroxylation is 1. The Morgan fingerprint density at radius 1 is 1.44 bits per heavy atom. The lowest BCUT2D eigenvalue weighted by atomic mass is 10.0. The maximum atomic E-state index is 10.9. The van der Waals surface area contributed by atoms with Gasteiger partial charge in [0.25, 0.3) is 0 Å². The molecule has 1 aromatic rings. The van der Waals surface area contributed by atoms with Crippen molar-refractivity contribution in [2.24, 2.45) is 5.92 Å². The van der Waals surface area contributed by atoms with E-state index >= 15 is 0 Å². The van der Waals surface area contributed by atoms with Crippen molar-refractivity contribution in [3.8, 4) is 0 Å². The molecule has 1 unspecified atom stereocenters. The van der Waals surface area contributed by atoms with Gasteiger partial charge in [0.1, 0.15) is 0 Å². The van der Waals surface area contributed by atoms with Gasteiger partial charge in [-0.05, 0) is 43.0 Å². The standard InChI is InChI=1S/C14H21NO3/c1-3-11(6-7-16)9-15-12-4-5-13(14(17)18)10(2)8-12/h4-5,8,11,15-16H,3,6-7,9H2,1-2H3,(H,17,18). The Bertz CT molecular complexity index is 404. The number of rotatable bonds is 7. The second kappa shape index (κ2) is 7.01. The van der Waals surface area contributed by atoms with Crippen molar-refractivity contribution in [3.63, 3.8) is 0 Å². The highest BCUT2D eigenvalue weighted by Crippen LogP contribution is 2.16. The first-order chi connectivity index (χ1) is 8.58. The third-order valence-corrected chi connectivity index (χ3v) is 3.17. The Hall–Kier alpha value is -1.55. The lowest BCUT2D eigenvalue weighted by molar-refractivity contribution is 0.0696. The smallest absolute Gasteiger partial charge is 0.335 e. The van der Waals surface area contributed by atoms with Gasteiger partial charge in [0.15, 0.2) is 0 Å². The number of aromatic carboxylic acids is 1. The molecule has 18 heavy (non-hydrogen) atoms. The van der Waals surface area contributed by atoms with Crippen molar-refractivity contribution in [1.82, 2.24) is 0 Å². The molecule has 0 fully saturated rings. The van der Waals surface area contributed by atoms with E-state index in [1.807, 2.05) is 6.07 Å². The fourth-order valence-electron chi connectivity index (χ4n) is 1.91. The molecule has 0 saturated carbocycles. The predicted octanol–water partition coefficient (Wildman–Crippen LogP) is 2.51. The van der Waals surface area contributed by atoms with E-state index in [4.69, 9.17) is 10.2 Å². The van der Waals surface area contributed by atoms with Crippen LogP contribution in [0.15, 0.2) is 18.2 Å². The van der Waals surface area contributed by atoms with Crippen LogP contribution in [0, 0.1) is 12.8 Å². The number of carbonyl (C=O) groups is 1. The van der Waals surface area contributed by atoms with Gasteiger partial charge in [-0.15, -0.1) is 0 Å². The summed E-state index contributed by atoms with van der Waals surface area (Å²) in [6.07, 6.45) is 1.80. The molecule has 1 atom stereocenters. The van der Waals surface area contributed by atoms with Gasteiger partial charge < -0.3 is 15.5 Å². The second-order valence-corrected chi connectivity index (χ2v) is 4.50. The Balaban J connectivity index is 2.63. The maximum Gasteiger partial charge on any atom is 0.335 e. The molecular weight excluding hydrogens is 230 g/mol. The average molecular weight is 251 g/mol. The zero-order valence-corrected chi connectivity index (χ0v) is 10.9. The lowest BCUT2D eigenvalue weighted by Crippen LogP contribution is -2.15. The molecule has 3 N–H and O–H groups in total. The van der Waals surface area contributed by atoms with Crippen molar-refractivity contribution in [1.29, 1.82) is 0 Å². The van der Waals surface area contributed by atoms with Gasteiger partial charge in [-0.2, -0.15) is 0 Å². The maximum absolute atomic E-state index is 10.9. The molecule has 0 aliphatic carbocycles. The molecule has 0 aliphatic rings. The zero-order chi connectivity index (χ0) is 13.5. The van der Waals surface area contributed by atoms with Crippen LogP contribution in [-0.2, 0) is 0 Å². The lowest BCUT2D eigenvalue weighted by Gasteiger charge is -2.15. The average Bonchev–Trinajstić information content (AvgIpc) is 2.34. The summed E-state index contributed by atoms with van der Waals surface area (Å²) in [5.74, 6) is -0.458. The summed E-state index contributed by atoms with van der Waals surface area (Å²) in [4.78, 5) is 10.9. The number of carboxylic acids is 1. The molecule has 0 radical (unpaired) electrons. The van der Waals surface area contributed by atoms with Crippen LogP contribution < -0.4 is 5.32 Å². The Kier molecular flexibility index (Phi) is 5.65. The second-order valence-electron chi connectivity index (χ2n) is 4.50. The summed E-state index contributed by atoms with van der Waals surface area (Å²) in [5, 5.41) is 21.1. The highest BCUT2D eigenvalue weighted by Gasteiger charge is 2.08. The summed E-state index contributed by atoms with van der Waals surface area (Å²) in [6, 6.07) is 5.24. The topological polar surface area (TPSA) is 69.6 Å². The van der Waals surface area contributed by atoms with Crippen LogP contribution in [0.1, 0.15) is 35.7 Å². The largest absolute Gasteiger partial charge is 0.478 e. The molecule has 1 aromatic carbocycles. The van der Waals surface area contributed by atoms with Crippen molar-refractivity contribution < 1.29 is 15.0 Å². The summed E-state index contributed by atoms with van der Waals surface area (Å²) in [6.45, 7) is 4.89. The number of anilines is 1. The van der Waals surface area contributed by atoms with Crippen LogP contribution in [-0.4, -0.2) is 29.3 Å². The summed E-state index contributed by atoms with van der Waals surface area (Å²) >= 11 is 0. The van der Waals surface area contributed by atoms with Crippen LogP contribution in [0.5, 0.6) is 0 Å². The minimum atomic E-state index is -0.897. The minimum absolute atomic E-state index is 0.206. The third kappa shape index (κ3) is 4.04.